The van der Waals surface area contributed by atoms with Crippen molar-refractivity contribution in [3.05, 3.63) is 57.7 Å². The summed E-state index contributed by atoms with van der Waals surface area (Å²) in [7, 11) is 2.46. The number of methoxy groups -OCH3 is 2. The van der Waals surface area contributed by atoms with Crippen LogP contribution >= 0.6 is 11.3 Å². The van der Waals surface area contributed by atoms with Crippen molar-refractivity contribution in [2.75, 3.05) is 14.2 Å². The topological polar surface area (TPSA) is 69.7 Å². The molecule has 0 aliphatic rings. The number of hydrogen-bond acceptors (Lipinski definition) is 6. The molecule has 116 valence electrons. The minimum atomic E-state index is -0.679. The molecule has 0 unspecified atom stereocenters. The molecule has 3 rings (SSSR count). The zero-order valence-corrected chi connectivity index (χ0v) is 13.2. The molecule has 1 aromatic heterocycles. The van der Waals surface area contributed by atoms with Crippen LogP contribution in [0.25, 0.3) is 20.2 Å². The third-order valence-electron chi connectivity index (χ3n) is 3.54. The lowest BCUT2D eigenvalue weighted by Gasteiger charge is -2.10. The van der Waals surface area contributed by atoms with Gasteiger partial charge < -0.3 is 9.47 Å². The molecule has 0 spiro atoms. The zero-order chi connectivity index (χ0) is 16.6. The molecule has 0 radical (unpaired) electrons. The molecule has 3 aromatic rings. The maximum absolute atomic E-state index is 12.6. The van der Waals surface area contributed by atoms with Gasteiger partial charge in [-0.15, -0.1) is 11.3 Å². The van der Waals surface area contributed by atoms with E-state index >= 15 is 0 Å². The molecule has 0 atom stereocenters. The average molecular weight is 328 g/mol. The van der Waals surface area contributed by atoms with Crippen molar-refractivity contribution in [2.24, 2.45) is 0 Å². The van der Waals surface area contributed by atoms with E-state index in [0.29, 0.717) is 15.5 Å². The number of fused-ring (bicyclic) bond motifs is 2. The third kappa shape index (κ3) is 2.37. The molecule has 5 nitrogen and oxygen atoms in total. The minimum Gasteiger partial charge on any atom is -0.465 e. The van der Waals surface area contributed by atoms with Crippen molar-refractivity contribution >= 4 is 43.4 Å². The Labute approximate surface area is 135 Å². The van der Waals surface area contributed by atoms with Crippen LogP contribution in [0.15, 0.2) is 41.2 Å². The standard InChI is InChI=1S/C17H12O5S/c1-21-16(19)10-7-8-11-14(18)9-5-3-4-6-12(9)23-15(11)13(10)17(20)22-2/h3-8H,1-2H3. The van der Waals surface area contributed by atoms with Crippen LogP contribution in [0.3, 0.4) is 0 Å². The monoisotopic (exact) mass is 328 g/mol. The summed E-state index contributed by atoms with van der Waals surface area (Å²) in [5, 5.41) is 0.952. The summed E-state index contributed by atoms with van der Waals surface area (Å²) in [5.41, 5.74) is -0.0431. The van der Waals surface area contributed by atoms with E-state index in [-0.39, 0.29) is 16.6 Å². The van der Waals surface area contributed by atoms with Gasteiger partial charge in [-0.25, -0.2) is 9.59 Å². The maximum atomic E-state index is 12.6. The number of ether oxygens (including phenoxy) is 2. The smallest absolute Gasteiger partial charge is 0.340 e. The molecule has 0 bridgehead atoms. The van der Waals surface area contributed by atoms with Crippen molar-refractivity contribution in [3.63, 3.8) is 0 Å². The summed E-state index contributed by atoms with van der Waals surface area (Å²) < 4.78 is 10.7. The second kappa shape index (κ2) is 5.81. The van der Waals surface area contributed by atoms with E-state index in [1.54, 1.807) is 24.3 Å². The van der Waals surface area contributed by atoms with Crippen molar-refractivity contribution in [2.45, 2.75) is 0 Å². The normalized spacial score (nSPS) is 10.7. The second-order valence-corrected chi connectivity index (χ2v) is 5.83. The molecule has 0 saturated heterocycles. The molecular formula is C17H12O5S. The van der Waals surface area contributed by atoms with Crippen molar-refractivity contribution in [1.29, 1.82) is 0 Å². The van der Waals surface area contributed by atoms with Gasteiger partial charge in [0.15, 0.2) is 5.43 Å². The van der Waals surface area contributed by atoms with E-state index in [2.05, 4.69) is 0 Å². The summed E-state index contributed by atoms with van der Waals surface area (Å²) in [6, 6.07) is 10.1. The first kappa shape index (κ1) is 15.2. The lowest BCUT2D eigenvalue weighted by molar-refractivity contribution is 0.0557. The molecule has 1 heterocycles. The number of benzene rings is 2. The number of carbonyl (C=O) groups is 2. The van der Waals surface area contributed by atoms with Crippen LogP contribution in [0.5, 0.6) is 0 Å². The molecule has 0 saturated carbocycles. The summed E-state index contributed by atoms with van der Waals surface area (Å²) in [6.45, 7) is 0. The van der Waals surface area contributed by atoms with Gasteiger partial charge in [0.2, 0.25) is 0 Å². The Hall–Kier alpha value is -2.73. The molecule has 0 amide bonds. The van der Waals surface area contributed by atoms with Crippen LogP contribution in [0, 0.1) is 0 Å². The summed E-state index contributed by atoms with van der Waals surface area (Å²) in [6.07, 6.45) is 0. The average Bonchev–Trinajstić information content (AvgIpc) is 2.59. The summed E-state index contributed by atoms with van der Waals surface area (Å²) in [5.74, 6) is -1.33. The highest BCUT2D eigenvalue weighted by atomic mass is 32.1. The lowest BCUT2D eigenvalue weighted by Crippen LogP contribution is -2.14. The molecule has 0 aliphatic heterocycles. The van der Waals surface area contributed by atoms with Crippen LogP contribution in [0.2, 0.25) is 0 Å². The zero-order valence-electron chi connectivity index (χ0n) is 12.4. The van der Waals surface area contributed by atoms with Crippen LogP contribution < -0.4 is 5.43 Å². The van der Waals surface area contributed by atoms with Gasteiger partial charge in [0.25, 0.3) is 0 Å². The first-order valence-corrected chi connectivity index (χ1v) is 7.55. The Morgan fingerprint density at radius 1 is 0.913 bits per heavy atom. The summed E-state index contributed by atoms with van der Waals surface area (Å²) >= 11 is 1.27. The fourth-order valence-corrected chi connectivity index (χ4v) is 3.65. The van der Waals surface area contributed by atoms with Gasteiger partial charge in [0, 0.05) is 15.5 Å². The molecule has 6 heteroatoms. The number of carbonyl (C=O) groups excluding carboxylic acids is 2. The van der Waals surface area contributed by atoms with Gasteiger partial charge in [-0.1, -0.05) is 12.1 Å². The lowest BCUT2D eigenvalue weighted by atomic mass is 10.0. The van der Waals surface area contributed by atoms with E-state index in [0.717, 1.165) is 4.70 Å². The minimum absolute atomic E-state index is 0.0599. The Bertz CT molecular complexity index is 1000. The highest BCUT2D eigenvalue weighted by Crippen LogP contribution is 2.30. The van der Waals surface area contributed by atoms with Gasteiger partial charge in [-0.3, -0.25) is 4.79 Å². The summed E-state index contributed by atoms with van der Waals surface area (Å²) in [4.78, 5) is 36.8. The fraction of sp³-hybridized carbons (Fsp3) is 0.118. The number of hydrogen-bond donors (Lipinski definition) is 0. The van der Waals surface area contributed by atoms with Gasteiger partial charge in [-0.2, -0.15) is 0 Å². The van der Waals surface area contributed by atoms with Crippen LogP contribution in [0.1, 0.15) is 20.7 Å². The van der Waals surface area contributed by atoms with E-state index in [1.165, 1.54) is 31.6 Å². The van der Waals surface area contributed by atoms with Crippen LogP contribution in [-0.2, 0) is 9.47 Å². The molecule has 0 aliphatic carbocycles. The number of rotatable bonds is 2. The highest BCUT2D eigenvalue weighted by Gasteiger charge is 2.23. The Balaban J connectivity index is 2.51. The van der Waals surface area contributed by atoms with E-state index < -0.39 is 11.9 Å². The Morgan fingerprint density at radius 2 is 1.61 bits per heavy atom. The first-order chi connectivity index (χ1) is 11.1. The first-order valence-electron chi connectivity index (χ1n) is 6.73. The van der Waals surface area contributed by atoms with Gasteiger partial charge in [0.1, 0.15) is 0 Å². The predicted molar refractivity (Wildman–Crippen MR) is 88.3 cm³/mol. The van der Waals surface area contributed by atoms with Crippen LogP contribution in [0.4, 0.5) is 0 Å². The third-order valence-corrected chi connectivity index (χ3v) is 4.74. The molecule has 23 heavy (non-hydrogen) atoms. The van der Waals surface area contributed by atoms with E-state index in [1.807, 2.05) is 6.07 Å². The molecule has 0 fully saturated rings. The van der Waals surface area contributed by atoms with Gasteiger partial charge >= 0.3 is 11.9 Å². The van der Waals surface area contributed by atoms with Gasteiger partial charge in [-0.05, 0) is 24.3 Å². The van der Waals surface area contributed by atoms with E-state index in [9.17, 15) is 14.4 Å². The van der Waals surface area contributed by atoms with Crippen molar-refractivity contribution in [3.8, 4) is 0 Å². The second-order valence-electron chi connectivity index (χ2n) is 4.78. The Morgan fingerprint density at radius 3 is 2.30 bits per heavy atom. The van der Waals surface area contributed by atoms with E-state index in [4.69, 9.17) is 9.47 Å². The van der Waals surface area contributed by atoms with Gasteiger partial charge in [0.05, 0.1) is 30.0 Å². The quantitative estimate of drug-likeness (QED) is 0.534. The number of esters is 2. The molecule has 2 aromatic carbocycles. The Kier molecular flexibility index (Phi) is 3.83. The maximum Gasteiger partial charge on any atom is 0.340 e. The predicted octanol–water partition coefficient (Wildman–Crippen LogP) is 2.99. The highest BCUT2D eigenvalue weighted by molar-refractivity contribution is 7.25. The molecular weight excluding hydrogens is 316 g/mol. The largest absolute Gasteiger partial charge is 0.465 e. The SMILES string of the molecule is COC(=O)c1ccc2c(=O)c3ccccc3sc2c1C(=O)OC. The molecule has 0 N–H and O–H groups in total. The van der Waals surface area contributed by atoms with Crippen molar-refractivity contribution in [1.82, 2.24) is 0 Å². The van der Waals surface area contributed by atoms with Crippen molar-refractivity contribution < 1.29 is 19.1 Å². The van der Waals surface area contributed by atoms with Crippen LogP contribution in [-0.4, -0.2) is 26.2 Å². The fourth-order valence-electron chi connectivity index (χ4n) is 2.45.